The highest BCUT2D eigenvalue weighted by Crippen LogP contribution is 2.24. The minimum atomic E-state index is -4.30. The predicted molar refractivity (Wildman–Crippen MR) is 66.7 cm³/mol. The van der Waals surface area contributed by atoms with Gasteiger partial charge < -0.3 is 10.2 Å². The standard InChI is InChI=1S/C10H12N2O7S/c1-6-8(12(16)17)3-2-4-9(6)20(18,19)11-7(5-13)10(14)15/h2-4,7,11,13H,5H2,1H3,(H,14,15). The fourth-order valence-electron chi connectivity index (χ4n) is 1.51. The van der Waals surface area contributed by atoms with Crippen molar-refractivity contribution in [3.63, 3.8) is 0 Å². The van der Waals surface area contributed by atoms with E-state index in [1.54, 1.807) is 4.72 Å². The molecule has 0 saturated heterocycles. The maximum absolute atomic E-state index is 12.0. The van der Waals surface area contributed by atoms with Gasteiger partial charge in [-0.3, -0.25) is 14.9 Å². The van der Waals surface area contributed by atoms with Crippen molar-refractivity contribution in [1.82, 2.24) is 4.72 Å². The van der Waals surface area contributed by atoms with E-state index >= 15 is 0 Å². The molecule has 10 heteroatoms. The number of rotatable bonds is 6. The number of aliphatic hydroxyl groups excluding tert-OH is 1. The summed E-state index contributed by atoms with van der Waals surface area (Å²) in [7, 11) is -4.30. The molecule has 0 radical (unpaired) electrons. The molecule has 110 valence electrons. The molecule has 0 heterocycles. The van der Waals surface area contributed by atoms with E-state index in [0.717, 1.165) is 12.1 Å². The van der Waals surface area contributed by atoms with Gasteiger partial charge in [-0.2, -0.15) is 4.72 Å². The van der Waals surface area contributed by atoms with Crippen molar-refractivity contribution >= 4 is 21.7 Å². The lowest BCUT2D eigenvalue weighted by atomic mass is 10.2. The Morgan fingerprint density at radius 2 is 2.10 bits per heavy atom. The van der Waals surface area contributed by atoms with Crippen molar-refractivity contribution in [3.8, 4) is 0 Å². The van der Waals surface area contributed by atoms with Crippen LogP contribution in [0.5, 0.6) is 0 Å². The zero-order valence-corrected chi connectivity index (χ0v) is 11.1. The van der Waals surface area contributed by atoms with Crippen LogP contribution < -0.4 is 4.72 Å². The van der Waals surface area contributed by atoms with Crippen molar-refractivity contribution in [2.75, 3.05) is 6.61 Å². The number of nitrogens with one attached hydrogen (secondary N) is 1. The SMILES string of the molecule is Cc1c([N+](=O)[O-])cccc1S(=O)(=O)NC(CO)C(=O)O. The molecule has 1 atom stereocenters. The van der Waals surface area contributed by atoms with Gasteiger partial charge in [0.2, 0.25) is 10.0 Å². The number of sulfonamides is 1. The van der Waals surface area contributed by atoms with E-state index in [1.807, 2.05) is 0 Å². The minimum absolute atomic E-state index is 0.118. The Balaban J connectivity index is 3.26. The molecule has 0 fully saturated rings. The number of hydrogen-bond acceptors (Lipinski definition) is 6. The molecule has 9 nitrogen and oxygen atoms in total. The number of aliphatic hydroxyl groups is 1. The van der Waals surface area contributed by atoms with Crippen LogP contribution in [0.3, 0.4) is 0 Å². The first kappa shape index (κ1) is 16.0. The van der Waals surface area contributed by atoms with Crippen molar-refractivity contribution < 1.29 is 28.3 Å². The number of carboxylic acid groups (broad SMARTS) is 1. The normalized spacial score (nSPS) is 12.9. The van der Waals surface area contributed by atoms with E-state index in [0.29, 0.717) is 0 Å². The molecule has 1 aromatic rings. The molecule has 3 N–H and O–H groups in total. The molecule has 0 bridgehead atoms. The third-order valence-corrected chi connectivity index (χ3v) is 4.14. The number of hydrogen-bond donors (Lipinski definition) is 3. The third-order valence-electron chi connectivity index (χ3n) is 2.52. The number of nitrogens with zero attached hydrogens (tertiary/aromatic N) is 1. The number of benzene rings is 1. The maximum atomic E-state index is 12.0. The van der Waals surface area contributed by atoms with E-state index in [4.69, 9.17) is 10.2 Å². The van der Waals surface area contributed by atoms with Crippen LogP contribution in [0.25, 0.3) is 0 Å². The van der Waals surface area contributed by atoms with Gasteiger partial charge in [0, 0.05) is 11.6 Å². The molecular weight excluding hydrogens is 292 g/mol. The summed E-state index contributed by atoms with van der Waals surface area (Å²) < 4.78 is 25.8. The molecular formula is C10H12N2O7S. The summed E-state index contributed by atoms with van der Waals surface area (Å²) in [6, 6.07) is 1.70. The van der Waals surface area contributed by atoms with Crippen LogP contribution in [0.2, 0.25) is 0 Å². The Morgan fingerprint density at radius 3 is 2.55 bits per heavy atom. The smallest absolute Gasteiger partial charge is 0.324 e. The number of carboxylic acids is 1. The van der Waals surface area contributed by atoms with Crippen LogP contribution in [0.1, 0.15) is 5.56 Å². The van der Waals surface area contributed by atoms with Crippen molar-refractivity contribution in [1.29, 1.82) is 0 Å². The molecule has 0 aliphatic carbocycles. The number of nitro benzene ring substituents is 1. The zero-order valence-electron chi connectivity index (χ0n) is 10.3. The van der Waals surface area contributed by atoms with Gasteiger partial charge in [-0.25, -0.2) is 8.42 Å². The lowest BCUT2D eigenvalue weighted by Crippen LogP contribution is -2.43. The summed E-state index contributed by atoms with van der Waals surface area (Å²) in [6.45, 7) is 0.296. The third kappa shape index (κ3) is 3.29. The van der Waals surface area contributed by atoms with E-state index in [-0.39, 0.29) is 5.56 Å². The molecule has 1 unspecified atom stereocenters. The Kier molecular flexibility index (Phi) is 4.76. The molecule has 0 aromatic heterocycles. The van der Waals surface area contributed by atoms with E-state index in [1.165, 1.54) is 13.0 Å². The molecule has 1 aromatic carbocycles. The Bertz CT molecular complexity index is 641. The average molecular weight is 304 g/mol. The van der Waals surface area contributed by atoms with Crippen LogP contribution in [0.4, 0.5) is 5.69 Å². The van der Waals surface area contributed by atoms with E-state index < -0.39 is 44.1 Å². The minimum Gasteiger partial charge on any atom is -0.480 e. The Hall–Kier alpha value is -2.04. The van der Waals surface area contributed by atoms with Crippen LogP contribution in [0.15, 0.2) is 23.1 Å². The van der Waals surface area contributed by atoms with Gasteiger partial charge in [-0.1, -0.05) is 6.07 Å². The second-order valence-corrected chi connectivity index (χ2v) is 5.53. The zero-order chi connectivity index (χ0) is 15.5. The fourth-order valence-corrected chi connectivity index (χ4v) is 2.95. The van der Waals surface area contributed by atoms with E-state index in [9.17, 15) is 23.3 Å². The lowest BCUT2D eigenvalue weighted by molar-refractivity contribution is -0.385. The first-order valence-corrected chi connectivity index (χ1v) is 6.79. The van der Waals surface area contributed by atoms with Gasteiger partial charge in [0.15, 0.2) is 0 Å². The average Bonchev–Trinajstić information content (AvgIpc) is 2.35. The summed E-state index contributed by atoms with van der Waals surface area (Å²) in [5, 5.41) is 28.2. The lowest BCUT2D eigenvalue weighted by Gasteiger charge is -2.13. The molecule has 1 rings (SSSR count). The van der Waals surface area contributed by atoms with Crippen LogP contribution in [-0.4, -0.2) is 42.2 Å². The van der Waals surface area contributed by atoms with Crippen LogP contribution in [-0.2, 0) is 14.8 Å². The summed E-state index contributed by atoms with van der Waals surface area (Å²) in [6.07, 6.45) is 0. The molecule has 0 aliphatic rings. The Labute approximate surface area is 114 Å². The summed E-state index contributed by atoms with van der Waals surface area (Å²) in [5.74, 6) is -1.56. The van der Waals surface area contributed by atoms with Gasteiger partial charge in [-0.15, -0.1) is 0 Å². The van der Waals surface area contributed by atoms with Crippen LogP contribution in [0, 0.1) is 17.0 Å². The van der Waals surface area contributed by atoms with Gasteiger partial charge >= 0.3 is 5.97 Å². The Morgan fingerprint density at radius 1 is 1.50 bits per heavy atom. The highest BCUT2D eigenvalue weighted by molar-refractivity contribution is 7.89. The summed E-state index contributed by atoms with van der Waals surface area (Å²) in [5.41, 5.74) is -0.518. The number of carbonyl (C=O) groups is 1. The highest BCUT2D eigenvalue weighted by Gasteiger charge is 2.28. The van der Waals surface area contributed by atoms with Crippen molar-refractivity contribution in [3.05, 3.63) is 33.9 Å². The number of aliphatic carboxylic acids is 1. The summed E-state index contributed by atoms with van der Waals surface area (Å²) >= 11 is 0. The molecule has 20 heavy (non-hydrogen) atoms. The quantitative estimate of drug-likeness (QED) is 0.479. The largest absolute Gasteiger partial charge is 0.480 e. The van der Waals surface area contributed by atoms with Gasteiger partial charge in [0.25, 0.3) is 5.69 Å². The number of nitro groups is 1. The molecule has 0 amide bonds. The first-order valence-electron chi connectivity index (χ1n) is 5.30. The van der Waals surface area contributed by atoms with Gasteiger partial charge in [0.05, 0.1) is 16.4 Å². The second-order valence-electron chi connectivity index (χ2n) is 3.85. The van der Waals surface area contributed by atoms with Gasteiger partial charge in [-0.05, 0) is 13.0 Å². The van der Waals surface area contributed by atoms with Gasteiger partial charge in [0.1, 0.15) is 6.04 Å². The second kappa shape index (κ2) is 5.94. The first-order chi connectivity index (χ1) is 9.20. The monoisotopic (exact) mass is 304 g/mol. The van der Waals surface area contributed by atoms with Crippen molar-refractivity contribution in [2.24, 2.45) is 0 Å². The highest BCUT2D eigenvalue weighted by atomic mass is 32.2. The summed E-state index contributed by atoms with van der Waals surface area (Å²) in [4.78, 5) is 20.3. The molecule has 0 saturated carbocycles. The van der Waals surface area contributed by atoms with Crippen molar-refractivity contribution in [2.45, 2.75) is 17.9 Å². The van der Waals surface area contributed by atoms with Crippen LogP contribution >= 0.6 is 0 Å². The molecule has 0 aliphatic heterocycles. The molecule has 0 spiro atoms. The van der Waals surface area contributed by atoms with E-state index in [2.05, 4.69) is 0 Å². The topological polar surface area (TPSA) is 147 Å². The fraction of sp³-hybridized carbons (Fsp3) is 0.300. The maximum Gasteiger partial charge on any atom is 0.324 e. The predicted octanol–water partition coefficient (Wildman–Crippen LogP) is -0.373.